The fraction of sp³-hybridized carbons (Fsp3) is 0.588. The maximum absolute atomic E-state index is 13.9. The van der Waals surface area contributed by atoms with Crippen molar-refractivity contribution in [1.29, 1.82) is 0 Å². The predicted octanol–water partition coefficient (Wildman–Crippen LogP) is 3.03. The van der Waals surface area contributed by atoms with E-state index < -0.39 is 5.41 Å². The summed E-state index contributed by atoms with van der Waals surface area (Å²) in [6.07, 6.45) is 3.41. The van der Waals surface area contributed by atoms with Gasteiger partial charge in [0.2, 0.25) is 5.91 Å². The summed E-state index contributed by atoms with van der Waals surface area (Å²) in [7, 11) is 0. The molecule has 1 amide bonds. The Morgan fingerprint density at radius 3 is 2.77 bits per heavy atom. The van der Waals surface area contributed by atoms with Crippen molar-refractivity contribution in [3.05, 3.63) is 35.6 Å². The summed E-state index contributed by atoms with van der Waals surface area (Å²) in [6, 6.07) is 6.49. The quantitative estimate of drug-likeness (QED) is 0.872. The molecule has 1 aliphatic rings. The van der Waals surface area contributed by atoms with Gasteiger partial charge in [0.15, 0.2) is 0 Å². The molecule has 1 aliphatic heterocycles. The van der Waals surface area contributed by atoms with Crippen molar-refractivity contribution in [2.75, 3.05) is 19.6 Å². The third kappa shape index (κ3) is 4.68. The lowest BCUT2D eigenvalue weighted by molar-refractivity contribution is -0.125. The number of hydrogen-bond acceptors (Lipinski definition) is 2. The first-order valence-electron chi connectivity index (χ1n) is 7.76. The fourth-order valence-corrected chi connectivity index (χ4v) is 2.87. The Morgan fingerprint density at radius 1 is 1.41 bits per heavy atom. The van der Waals surface area contributed by atoms with Crippen LogP contribution in [0.4, 0.5) is 4.39 Å². The van der Waals surface area contributed by atoms with Gasteiger partial charge >= 0.3 is 0 Å². The lowest BCUT2D eigenvalue weighted by Gasteiger charge is -2.26. The second-order valence-corrected chi connectivity index (χ2v) is 6.36. The van der Waals surface area contributed by atoms with E-state index in [0.29, 0.717) is 18.0 Å². The zero-order valence-corrected chi connectivity index (χ0v) is 14.1. The van der Waals surface area contributed by atoms with Crippen molar-refractivity contribution >= 4 is 18.3 Å². The first-order valence-corrected chi connectivity index (χ1v) is 7.76. The predicted molar refractivity (Wildman–Crippen MR) is 89.9 cm³/mol. The zero-order chi connectivity index (χ0) is 15.3. The topological polar surface area (TPSA) is 41.1 Å². The molecule has 0 aromatic heterocycles. The van der Waals surface area contributed by atoms with Gasteiger partial charge in [0.05, 0.1) is 5.41 Å². The summed E-state index contributed by atoms with van der Waals surface area (Å²) in [6.45, 7) is 6.32. The SMILES string of the molecule is CC(C)(C(=O)NCCC1CCCNC1)c1ccccc1F.Cl. The van der Waals surface area contributed by atoms with E-state index in [9.17, 15) is 9.18 Å². The van der Waals surface area contributed by atoms with Crippen LogP contribution in [0.1, 0.15) is 38.7 Å². The molecule has 0 saturated carbocycles. The molecule has 1 aromatic carbocycles. The van der Waals surface area contributed by atoms with Crippen molar-refractivity contribution in [1.82, 2.24) is 10.6 Å². The van der Waals surface area contributed by atoms with E-state index in [1.54, 1.807) is 32.0 Å². The van der Waals surface area contributed by atoms with Crippen LogP contribution >= 0.6 is 12.4 Å². The molecule has 2 rings (SSSR count). The summed E-state index contributed by atoms with van der Waals surface area (Å²) in [4.78, 5) is 12.4. The van der Waals surface area contributed by atoms with Crippen LogP contribution in [0.15, 0.2) is 24.3 Å². The molecule has 1 atom stereocenters. The van der Waals surface area contributed by atoms with E-state index in [0.717, 1.165) is 19.5 Å². The van der Waals surface area contributed by atoms with Crippen molar-refractivity contribution < 1.29 is 9.18 Å². The minimum Gasteiger partial charge on any atom is -0.355 e. The zero-order valence-electron chi connectivity index (χ0n) is 13.3. The number of hydrogen-bond donors (Lipinski definition) is 2. The average molecular weight is 329 g/mol. The number of halogens is 2. The van der Waals surface area contributed by atoms with Gasteiger partial charge in [-0.05, 0) is 58.2 Å². The molecule has 0 spiro atoms. The van der Waals surface area contributed by atoms with E-state index >= 15 is 0 Å². The van der Waals surface area contributed by atoms with E-state index in [4.69, 9.17) is 0 Å². The Hall–Kier alpha value is -1.13. The van der Waals surface area contributed by atoms with Gasteiger partial charge in [-0.3, -0.25) is 4.79 Å². The highest BCUT2D eigenvalue weighted by Gasteiger charge is 2.32. The Bertz CT molecular complexity index is 487. The molecule has 3 nitrogen and oxygen atoms in total. The average Bonchev–Trinajstić information content (AvgIpc) is 2.48. The van der Waals surface area contributed by atoms with Crippen LogP contribution in [0.2, 0.25) is 0 Å². The highest BCUT2D eigenvalue weighted by molar-refractivity contribution is 5.87. The normalized spacial score (nSPS) is 18.4. The first-order chi connectivity index (χ1) is 10.0. The first kappa shape index (κ1) is 18.9. The maximum Gasteiger partial charge on any atom is 0.230 e. The third-order valence-electron chi connectivity index (χ3n) is 4.35. The molecule has 1 heterocycles. The van der Waals surface area contributed by atoms with E-state index in [-0.39, 0.29) is 24.1 Å². The molecule has 1 aromatic rings. The van der Waals surface area contributed by atoms with Gasteiger partial charge in [-0.1, -0.05) is 18.2 Å². The van der Waals surface area contributed by atoms with Crippen molar-refractivity contribution in [3.8, 4) is 0 Å². The molecule has 1 unspecified atom stereocenters. The summed E-state index contributed by atoms with van der Waals surface area (Å²) >= 11 is 0. The molecule has 2 N–H and O–H groups in total. The lowest BCUT2D eigenvalue weighted by atomic mass is 9.83. The number of nitrogens with one attached hydrogen (secondary N) is 2. The van der Waals surface area contributed by atoms with Crippen LogP contribution in [-0.4, -0.2) is 25.5 Å². The van der Waals surface area contributed by atoms with E-state index in [1.165, 1.54) is 18.9 Å². The number of benzene rings is 1. The molecule has 0 bridgehead atoms. The molecule has 1 fully saturated rings. The molecule has 5 heteroatoms. The van der Waals surface area contributed by atoms with Gasteiger partial charge < -0.3 is 10.6 Å². The Labute approximate surface area is 138 Å². The molecule has 22 heavy (non-hydrogen) atoms. The highest BCUT2D eigenvalue weighted by Crippen LogP contribution is 2.26. The standard InChI is InChI=1S/C17H25FN2O.ClH/c1-17(2,14-7-3-4-8-15(14)18)16(21)20-11-9-13-6-5-10-19-12-13;/h3-4,7-8,13,19H,5-6,9-12H2,1-2H3,(H,20,21);1H. The van der Waals surface area contributed by atoms with Crippen LogP contribution in [0.25, 0.3) is 0 Å². The van der Waals surface area contributed by atoms with Gasteiger partial charge in [0, 0.05) is 12.1 Å². The van der Waals surface area contributed by atoms with Crippen LogP contribution in [0.5, 0.6) is 0 Å². The number of amides is 1. The summed E-state index contributed by atoms with van der Waals surface area (Å²) in [5.74, 6) is 0.195. The smallest absolute Gasteiger partial charge is 0.230 e. The second kappa shape index (κ2) is 8.49. The Kier molecular flexibility index (Phi) is 7.30. The summed E-state index contributed by atoms with van der Waals surface area (Å²) < 4.78 is 13.9. The summed E-state index contributed by atoms with van der Waals surface area (Å²) in [5.41, 5.74) is -0.405. The molecule has 1 saturated heterocycles. The van der Waals surface area contributed by atoms with Crippen LogP contribution in [-0.2, 0) is 10.2 Å². The van der Waals surface area contributed by atoms with Gasteiger partial charge in [0.1, 0.15) is 5.82 Å². The minimum absolute atomic E-state index is 0. The summed E-state index contributed by atoms with van der Waals surface area (Å²) in [5, 5.41) is 6.34. The maximum atomic E-state index is 13.9. The lowest BCUT2D eigenvalue weighted by Crippen LogP contribution is -2.42. The van der Waals surface area contributed by atoms with Crippen LogP contribution in [0.3, 0.4) is 0 Å². The number of carbonyl (C=O) groups is 1. The molecular formula is C17H26ClFN2O. The minimum atomic E-state index is -0.851. The second-order valence-electron chi connectivity index (χ2n) is 6.36. The highest BCUT2D eigenvalue weighted by atomic mass is 35.5. The number of piperidine rings is 1. The molecule has 0 aliphatic carbocycles. The molecular weight excluding hydrogens is 303 g/mol. The van der Waals surface area contributed by atoms with Gasteiger partial charge in [-0.25, -0.2) is 4.39 Å². The molecule has 124 valence electrons. The van der Waals surface area contributed by atoms with E-state index in [2.05, 4.69) is 10.6 Å². The largest absolute Gasteiger partial charge is 0.355 e. The van der Waals surface area contributed by atoms with Crippen molar-refractivity contribution in [3.63, 3.8) is 0 Å². The van der Waals surface area contributed by atoms with Gasteiger partial charge in [-0.2, -0.15) is 0 Å². The van der Waals surface area contributed by atoms with E-state index in [1.807, 2.05) is 0 Å². The third-order valence-corrected chi connectivity index (χ3v) is 4.35. The Morgan fingerprint density at radius 2 is 2.14 bits per heavy atom. The number of rotatable bonds is 5. The monoisotopic (exact) mass is 328 g/mol. The van der Waals surface area contributed by atoms with Gasteiger partial charge in [0.25, 0.3) is 0 Å². The van der Waals surface area contributed by atoms with Crippen molar-refractivity contribution in [2.45, 2.75) is 38.5 Å². The Balaban J connectivity index is 0.00000242. The van der Waals surface area contributed by atoms with Gasteiger partial charge in [-0.15, -0.1) is 12.4 Å². The van der Waals surface area contributed by atoms with Crippen LogP contribution in [0, 0.1) is 11.7 Å². The molecule has 0 radical (unpaired) electrons. The van der Waals surface area contributed by atoms with Crippen molar-refractivity contribution in [2.24, 2.45) is 5.92 Å². The number of carbonyl (C=O) groups excluding carboxylic acids is 1. The van der Waals surface area contributed by atoms with Crippen LogP contribution < -0.4 is 10.6 Å². The fourth-order valence-electron chi connectivity index (χ4n) is 2.87.